The average molecular weight is 334 g/mol. The molecular weight excluding hydrogens is 308 g/mol. The van der Waals surface area contributed by atoms with Gasteiger partial charge in [-0.3, -0.25) is 4.79 Å². The van der Waals surface area contributed by atoms with Gasteiger partial charge in [-0.1, -0.05) is 17.7 Å². The Kier molecular flexibility index (Phi) is 3.89. The summed E-state index contributed by atoms with van der Waals surface area (Å²) in [5, 5.41) is 6.04. The van der Waals surface area contributed by atoms with E-state index in [1.807, 2.05) is 25.1 Å². The molecule has 4 aliphatic carbocycles. The van der Waals surface area contributed by atoms with Crippen LogP contribution in [0.5, 0.6) is 0 Å². The molecule has 0 atom stereocenters. The van der Waals surface area contributed by atoms with Gasteiger partial charge in [-0.15, -0.1) is 0 Å². The first kappa shape index (κ1) is 15.5. The second kappa shape index (κ2) is 5.78. The number of nitrogens with two attached hydrogens (primary N) is 1. The fourth-order valence-corrected chi connectivity index (χ4v) is 5.80. The van der Waals surface area contributed by atoms with E-state index in [0.29, 0.717) is 17.1 Å². The summed E-state index contributed by atoms with van der Waals surface area (Å²) < 4.78 is 0. The molecule has 23 heavy (non-hydrogen) atoms. The van der Waals surface area contributed by atoms with Crippen molar-refractivity contribution in [3.05, 3.63) is 28.8 Å². The third-order valence-corrected chi connectivity index (χ3v) is 6.67. The molecule has 1 aromatic carbocycles. The van der Waals surface area contributed by atoms with Gasteiger partial charge in [-0.2, -0.15) is 0 Å². The van der Waals surface area contributed by atoms with Crippen molar-refractivity contribution in [1.82, 2.24) is 0 Å². The first-order valence-corrected chi connectivity index (χ1v) is 9.29. The normalized spacial score (nSPS) is 34.6. The van der Waals surface area contributed by atoms with E-state index < -0.39 is 0 Å². The third kappa shape index (κ3) is 3.14. The summed E-state index contributed by atoms with van der Waals surface area (Å²) in [5.41, 5.74) is 2.19. The lowest BCUT2D eigenvalue weighted by Gasteiger charge is -2.54. The average Bonchev–Trinajstić information content (AvgIpc) is 2.48. The molecule has 0 saturated heterocycles. The number of amides is 1. The molecule has 4 heteroatoms. The molecule has 4 fully saturated rings. The van der Waals surface area contributed by atoms with E-state index in [4.69, 9.17) is 11.6 Å². The Labute approximate surface area is 143 Å². The van der Waals surface area contributed by atoms with Crippen LogP contribution in [-0.4, -0.2) is 18.0 Å². The fourth-order valence-electron chi connectivity index (χ4n) is 5.62. The van der Waals surface area contributed by atoms with Gasteiger partial charge in [0.05, 0.1) is 5.54 Å². The summed E-state index contributed by atoms with van der Waals surface area (Å²) in [7, 11) is 0. The lowest BCUT2D eigenvalue weighted by atomic mass is 9.53. The lowest BCUT2D eigenvalue weighted by molar-refractivity contribution is -0.729. The van der Waals surface area contributed by atoms with E-state index in [2.05, 4.69) is 10.6 Å². The first-order chi connectivity index (χ1) is 11.0. The Bertz CT molecular complexity index is 593. The van der Waals surface area contributed by atoms with E-state index in [0.717, 1.165) is 29.0 Å². The molecular formula is C19H26ClN2O+. The molecule has 3 N–H and O–H groups in total. The quantitative estimate of drug-likeness (QED) is 0.873. The van der Waals surface area contributed by atoms with Crippen molar-refractivity contribution >= 4 is 23.2 Å². The fraction of sp³-hybridized carbons (Fsp3) is 0.632. The molecule has 0 aromatic heterocycles. The van der Waals surface area contributed by atoms with Gasteiger partial charge in [0.1, 0.15) is 0 Å². The highest BCUT2D eigenvalue weighted by Crippen LogP contribution is 2.54. The number of carbonyl (C=O) groups excluding carboxylic acids is 1. The monoisotopic (exact) mass is 333 g/mol. The van der Waals surface area contributed by atoms with Crippen molar-refractivity contribution in [3.63, 3.8) is 0 Å². The maximum absolute atomic E-state index is 12.3. The van der Waals surface area contributed by atoms with Gasteiger partial charge in [0.15, 0.2) is 6.54 Å². The van der Waals surface area contributed by atoms with E-state index in [1.54, 1.807) is 0 Å². The van der Waals surface area contributed by atoms with Crippen LogP contribution in [0, 0.1) is 24.7 Å². The third-order valence-electron chi connectivity index (χ3n) is 6.26. The number of aryl methyl sites for hydroxylation is 1. The van der Waals surface area contributed by atoms with Crippen molar-refractivity contribution in [2.75, 3.05) is 11.9 Å². The number of anilines is 1. The summed E-state index contributed by atoms with van der Waals surface area (Å²) in [6.45, 7) is 2.49. The zero-order valence-electron chi connectivity index (χ0n) is 13.8. The molecule has 3 nitrogen and oxygen atoms in total. The summed E-state index contributed by atoms with van der Waals surface area (Å²) in [6, 6.07) is 5.70. The molecule has 0 radical (unpaired) electrons. The zero-order valence-corrected chi connectivity index (χ0v) is 14.5. The van der Waals surface area contributed by atoms with E-state index in [9.17, 15) is 4.79 Å². The molecule has 1 aromatic rings. The van der Waals surface area contributed by atoms with E-state index in [1.165, 1.54) is 38.5 Å². The van der Waals surface area contributed by atoms with Gasteiger partial charge in [0.25, 0.3) is 5.91 Å². The van der Waals surface area contributed by atoms with Gasteiger partial charge in [0, 0.05) is 30.0 Å². The number of halogens is 1. The van der Waals surface area contributed by atoms with E-state index in [-0.39, 0.29) is 5.91 Å². The minimum absolute atomic E-state index is 0.0839. The number of carbonyl (C=O) groups is 1. The predicted molar refractivity (Wildman–Crippen MR) is 92.5 cm³/mol. The highest BCUT2D eigenvalue weighted by Gasteiger charge is 2.53. The maximum atomic E-state index is 12.3. The van der Waals surface area contributed by atoms with Crippen LogP contribution >= 0.6 is 11.6 Å². The number of rotatable bonds is 4. The molecule has 5 rings (SSSR count). The standard InChI is InChI=1S/C19H25ClN2O/c1-12-2-3-16(7-17(12)20)22-18(23)11-21-19-8-13-4-14(9-19)6-15(5-13)10-19/h2-3,7,13-15,21H,4-6,8-11H2,1H3,(H,22,23)/p+1. The Morgan fingerprint density at radius 3 is 2.39 bits per heavy atom. The Morgan fingerprint density at radius 2 is 1.83 bits per heavy atom. The number of benzene rings is 1. The molecule has 124 valence electrons. The molecule has 0 unspecified atom stereocenters. The smallest absolute Gasteiger partial charge is 0.279 e. The summed E-state index contributed by atoms with van der Waals surface area (Å²) >= 11 is 6.13. The Balaban J connectivity index is 1.35. The molecule has 4 bridgehead atoms. The number of hydrogen-bond acceptors (Lipinski definition) is 1. The second-order valence-electron chi connectivity index (χ2n) is 8.20. The first-order valence-electron chi connectivity index (χ1n) is 8.92. The van der Waals surface area contributed by atoms with Gasteiger partial charge in [-0.25, -0.2) is 0 Å². The molecule has 0 spiro atoms. The zero-order chi connectivity index (χ0) is 16.0. The highest BCUT2D eigenvalue weighted by atomic mass is 35.5. The van der Waals surface area contributed by atoms with Gasteiger partial charge >= 0.3 is 0 Å². The maximum Gasteiger partial charge on any atom is 0.279 e. The van der Waals surface area contributed by atoms with Crippen LogP contribution in [-0.2, 0) is 4.79 Å². The van der Waals surface area contributed by atoms with Crippen LogP contribution in [0.4, 0.5) is 5.69 Å². The van der Waals surface area contributed by atoms with Crippen molar-refractivity contribution in [2.24, 2.45) is 17.8 Å². The van der Waals surface area contributed by atoms with Crippen LogP contribution in [0.3, 0.4) is 0 Å². The number of quaternary nitrogens is 1. The topological polar surface area (TPSA) is 45.7 Å². The molecule has 0 heterocycles. The van der Waals surface area contributed by atoms with Crippen LogP contribution in [0.2, 0.25) is 5.02 Å². The molecule has 1 amide bonds. The molecule has 4 aliphatic rings. The minimum Gasteiger partial charge on any atom is -0.334 e. The van der Waals surface area contributed by atoms with Gasteiger partial charge in [0.2, 0.25) is 0 Å². The van der Waals surface area contributed by atoms with Crippen LogP contribution in [0.25, 0.3) is 0 Å². The predicted octanol–water partition coefficient (Wildman–Crippen LogP) is 3.12. The van der Waals surface area contributed by atoms with Gasteiger partial charge < -0.3 is 10.6 Å². The number of hydrogen-bond donors (Lipinski definition) is 2. The van der Waals surface area contributed by atoms with Crippen LogP contribution in [0.1, 0.15) is 44.1 Å². The number of nitrogens with one attached hydrogen (secondary N) is 1. The lowest BCUT2D eigenvalue weighted by Crippen LogP contribution is -3.00. The Hall–Kier alpha value is -1.06. The second-order valence-corrected chi connectivity index (χ2v) is 8.61. The van der Waals surface area contributed by atoms with E-state index >= 15 is 0 Å². The summed E-state index contributed by atoms with van der Waals surface area (Å²) in [5.74, 6) is 2.87. The van der Waals surface area contributed by atoms with Crippen molar-refractivity contribution < 1.29 is 10.1 Å². The summed E-state index contributed by atoms with van der Waals surface area (Å²) in [4.78, 5) is 12.3. The van der Waals surface area contributed by atoms with Crippen LogP contribution < -0.4 is 10.6 Å². The largest absolute Gasteiger partial charge is 0.334 e. The SMILES string of the molecule is Cc1ccc(NC(=O)C[NH2+]C23CC4CC(CC(C4)C2)C3)cc1Cl. The minimum atomic E-state index is 0.0839. The summed E-state index contributed by atoms with van der Waals surface area (Å²) in [6.07, 6.45) is 8.30. The Morgan fingerprint density at radius 1 is 1.22 bits per heavy atom. The molecule has 0 aliphatic heterocycles. The molecule has 4 saturated carbocycles. The van der Waals surface area contributed by atoms with Crippen LogP contribution in [0.15, 0.2) is 18.2 Å². The van der Waals surface area contributed by atoms with Gasteiger partial charge in [-0.05, 0) is 61.6 Å². The van der Waals surface area contributed by atoms with Crippen molar-refractivity contribution in [2.45, 2.75) is 51.0 Å². The highest BCUT2D eigenvalue weighted by molar-refractivity contribution is 6.31. The van der Waals surface area contributed by atoms with Crippen molar-refractivity contribution in [3.8, 4) is 0 Å². The van der Waals surface area contributed by atoms with Crippen molar-refractivity contribution in [1.29, 1.82) is 0 Å².